The first kappa shape index (κ1) is 25.4. The summed E-state index contributed by atoms with van der Waals surface area (Å²) in [6, 6.07) is 2.26. The standard InChI is InChI=1S/C29H32FN5OS/c1-6-16(4)23(25-18(10-31)28(32)37-27(25)22(30)7-2)24-17(5)26-19(20-13-36-14-21(20)24)11-33-29(34-26)35-9-8-15(3)12-35/h7,11,15H,6,8-9,12-14,32H2,1-5H3/b22-7+,23-16+. The van der Waals surface area contributed by atoms with Crippen molar-refractivity contribution in [1.82, 2.24) is 9.97 Å². The minimum atomic E-state index is -0.381. The molecule has 192 valence electrons. The number of nitrogens with two attached hydrogens (primary N) is 1. The summed E-state index contributed by atoms with van der Waals surface area (Å²) in [4.78, 5) is 12.4. The Morgan fingerprint density at radius 2 is 2.11 bits per heavy atom. The Morgan fingerprint density at radius 3 is 2.76 bits per heavy atom. The second-order valence-corrected chi connectivity index (χ2v) is 11.1. The number of fused-ring (bicyclic) bond motifs is 3. The lowest BCUT2D eigenvalue weighted by atomic mass is 9.82. The van der Waals surface area contributed by atoms with E-state index in [1.807, 2.05) is 13.1 Å². The minimum Gasteiger partial charge on any atom is -0.389 e. The minimum absolute atomic E-state index is 0.321. The Labute approximate surface area is 221 Å². The lowest BCUT2D eigenvalue weighted by Gasteiger charge is -2.22. The lowest BCUT2D eigenvalue weighted by Crippen LogP contribution is -2.21. The van der Waals surface area contributed by atoms with E-state index in [1.165, 1.54) is 6.08 Å². The topological polar surface area (TPSA) is 88.1 Å². The molecule has 1 atom stereocenters. The van der Waals surface area contributed by atoms with Crippen molar-refractivity contribution < 1.29 is 9.13 Å². The summed E-state index contributed by atoms with van der Waals surface area (Å²) < 4.78 is 21.2. The van der Waals surface area contributed by atoms with E-state index in [-0.39, 0.29) is 5.83 Å². The summed E-state index contributed by atoms with van der Waals surface area (Å²) in [6.07, 6.45) is 5.21. The van der Waals surface area contributed by atoms with Gasteiger partial charge in [0.15, 0.2) is 0 Å². The third-order valence-electron chi connectivity index (χ3n) is 7.67. The molecule has 0 spiro atoms. The molecule has 2 aromatic heterocycles. The number of benzene rings is 1. The molecule has 6 nitrogen and oxygen atoms in total. The molecule has 37 heavy (non-hydrogen) atoms. The summed E-state index contributed by atoms with van der Waals surface area (Å²) in [6.45, 7) is 12.9. The van der Waals surface area contributed by atoms with Crippen LogP contribution in [-0.4, -0.2) is 23.1 Å². The van der Waals surface area contributed by atoms with E-state index in [0.29, 0.717) is 40.1 Å². The number of allylic oxidation sites excluding steroid dienone is 2. The van der Waals surface area contributed by atoms with Gasteiger partial charge in [-0.15, -0.1) is 11.3 Å². The van der Waals surface area contributed by atoms with Crippen LogP contribution in [-0.2, 0) is 18.0 Å². The SMILES string of the molecule is C/C=C(/F)c1sc(N)c(C#N)c1/C(=C(\C)CC)c1c2c(c3cnc(N4CCC(C)C4)nc3c1C)COC2. The zero-order valence-corrected chi connectivity index (χ0v) is 22.9. The van der Waals surface area contributed by atoms with Gasteiger partial charge in [0.1, 0.15) is 16.9 Å². The van der Waals surface area contributed by atoms with Crippen molar-refractivity contribution in [3.05, 3.63) is 56.1 Å². The van der Waals surface area contributed by atoms with E-state index in [2.05, 4.69) is 31.7 Å². The molecule has 1 saturated heterocycles. The number of rotatable bonds is 5. The van der Waals surface area contributed by atoms with Gasteiger partial charge in [-0.05, 0) is 67.4 Å². The molecule has 0 saturated carbocycles. The molecule has 5 rings (SSSR count). The molecular weight excluding hydrogens is 485 g/mol. The molecule has 2 N–H and O–H groups in total. The quantitative estimate of drug-likeness (QED) is 0.396. The molecule has 1 unspecified atom stereocenters. The van der Waals surface area contributed by atoms with E-state index in [0.717, 1.165) is 87.5 Å². The van der Waals surface area contributed by atoms with Crippen molar-refractivity contribution in [1.29, 1.82) is 5.26 Å². The third kappa shape index (κ3) is 4.11. The predicted octanol–water partition coefficient (Wildman–Crippen LogP) is 6.89. The van der Waals surface area contributed by atoms with Crippen LogP contribution >= 0.6 is 11.3 Å². The summed E-state index contributed by atoms with van der Waals surface area (Å²) in [7, 11) is 0. The van der Waals surface area contributed by atoms with Crippen LogP contribution in [0.15, 0.2) is 17.8 Å². The first-order valence-electron chi connectivity index (χ1n) is 12.8. The fraction of sp³-hybridized carbons (Fsp3) is 0.414. The molecule has 0 amide bonds. The number of aromatic nitrogens is 2. The van der Waals surface area contributed by atoms with E-state index in [4.69, 9.17) is 20.4 Å². The maximum atomic E-state index is 15.2. The van der Waals surface area contributed by atoms with Gasteiger partial charge in [0.2, 0.25) is 5.95 Å². The highest BCUT2D eigenvalue weighted by Gasteiger charge is 2.31. The smallest absolute Gasteiger partial charge is 0.225 e. The Hall–Kier alpha value is -3.28. The van der Waals surface area contributed by atoms with E-state index in [1.54, 1.807) is 6.92 Å². The third-order valence-corrected chi connectivity index (χ3v) is 8.70. The first-order valence-corrected chi connectivity index (χ1v) is 13.6. The van der Waals surface area contributed by atoms with Gasteiger partial charge in [0.05, 0.1) is 29.2 Å². The molecule has 8 heteroatoms. The lowest BCUT2D eigenvalue weighted by molar-refractivity contribution is 0.135. The van der Waals surface area contributed by atoms with Crippen molar-refractivity contribution in [3.8, 4) is 6.07 Å². The first-order chi connectivity index (χ1) is 17.8. The monoisotopic (exact) mass is 517 g/mol. The molecule has 4 heterocycles. The van der Waals surface area contributed by atoms with Crippen molar-refractivity contribution in [2.45, 2.75) is 60.7 Å². The van der Waals surface area contributed by atoms with Crippen LogP contribution in [0.3, 0.4) is 0 Å². The van der Waals surface area contributed by atoms with Crippen LogP contribution in [0.2, 0.25) is 0 Å². The van der Waals surface area contributed by atoms with Gasteiger partial charge in [-0.1, -0.05) is 25.5 Å². The van der Waals surface area contributed by atoms with E-state index >= 15 is 4.39 Å². The van der Waals surface area contributed by atoms with Gasteiger partial charge < -0.3 is 15.4 Å². The van der Waals surface area contributed by atoms with Gasteiger partial charge in [0.25, 0.3) is 0 Å². The number of nitrogen functional groups attached to an aromatic ring is 1. The molecule has 0 radical (unpaired) electrons. The average molecular weight is 518 g/mol. The summed E-state index contributed by atoms with van der Waals surface area (Å²) in [5, 5.41) is 11.4. The Morgan fingerprint density at radius 1 is 1.35 bits per heavy atom. The second kappa shape index (κ2) is 9.88. The Balaban J connectivity index is 1.85. The zero-order chi connectivity index (χ0) is 26.4. The van der Waals surface area contributed by atoms with Crippen LogP contribution in [0.4, 0.5) is 15.3 Å². The van der Waals surface area contributed by atoms with Crippen LogP contribution in [0.5, 0.6) is 0 Å². The number of nitrogens with zero attached hydrogens (tertiary/aromatic N) is 4. The molecule has 1 aromatic carbocycles. The summed E-state index contributed by atoms with van der Waals surface area (Å²) >= 11 is 1.13. The maximum Gasteiger partial charge on any atom is 0.225 e. The van der Waals surface area contributed by atoms with Gasteiger partial charge in [0, 0.05) is 30.2 Å². The van der Waals surface area contributed by atoms with Crippen LogP contribution in [0.25, 0.3) is 22.3 Å². The number of hydrogen-bond acceptors (Lipinski definition) is 7. The fourth-order valence-electron chi connectivity index (χ4n) is 5.55. The normalized spacial score (nSPS) is 18.4. The molecule has 3 aromatic rings. The molecular formula is C29H32FN5OS. The predicted molar refractivity (Wildman–Crippen MR) is 149 cm³/mol. The Bertz CT molecular complexity index is 1510. The highest BCUT2D eigenvalue weighted by Crippen LogP contribution is 2.47. The molecule has 0 bridgehead atoms. The number of halogens is 1. The van der Waals surface area contributed by atoms with Gasteiger partial charge >= 0.3 is 0 Å². The van der Waals surface area contributed by atoms with Crippen molar-refractivity contribution >= 4 is 44.6 Å². The van der Waals surface area contributed by atoms with Crippen molar-refractivity contribution in [2.24, 2.45) is 5.92 Å². The molecule has 0 aliphatic carbocycles. The number of aryl methyl sites for hydroxylation is 1. The molecule has 2 aliphatic rings. The summed E-state index contributed by atoms with van der Waals surface area (Å²) in [5.74, 6) is 0.967. The molecule has 1 fully saturated rings. The second-order valence-electron chi connectivity index (χ2n) is 10.0. The van der Waals surface area contributed by atoms with Crippen LogP contribution in [0, 0.1) is 24.2 Å². The van der Waals surface area contributed by atoms with E-state index < -0.39 is 0 Å². The van der Waals surface area contributed by atoms with Gasteiger partial charge in [-0.25, -0.2) is 14.4 Å². The van der Waals surface area contributed by atoms with E-state index in [9.17, 15) is 5.26 Å². The Kier molecular flexibility index (Phi) is 6.78. The van der Waals surface area contributed by atoms with Crippen LogP contribution < -0.4 is 10.6 Å². The highest BCUT2D eigenvalue weighted by atomic mass is 32.1. The number of hydrogen-bond donors (Lipinski definition) is 1. The molecule has 2 aliphatic heterocycles. The van der Waals surface area contributed by atoms with Crippen molar-refractivity contribution in [3.63, 3.8) is 0 Å². The van der Waals surface area contributed by atoms with Crippen molar-refractivity contribution in [2.75, 3.05) is 23.7 Å². The van der Waals surface area contributed by atoms with Gasteiger partial charge in [-0.2, -0.15) is 5.26 Å². The number of anilines is 2. The number of ether oxygens (including phenoxy) is 1. The maximum absolute atomic E-state index is 15.2. The summed E-state index contributed by atoms with van der Waals surface area (Å²) in [5.41, 5.74) is 14.0. The number of nitriles is 1. The fourth-order valence-corrected chi connectivity index (χ4v) is 6.54. The van der Waals surface area contributed by atoms with Gasteiger partial charge in [-0.3, -0.25) is 0 Å². The highest BCUT2D eigenvalue weighted by molar-refractivity contribution is 7.17. The number of thiophene rings is 1. The average Bonchev–Trinajstić information content (AvgIpc) is 3.64. The van der Waals surface area contributed by atoms with Crippen LogP contribution in [0.1, 0.15) is 78.8 Å². The largest absolute Gasteiger partial charge is 0.389 e. The zero-order valence-electron chi connectivity index (χ0n) is 22.0.